The van der Waals surface area contributed by atoms with E-state index in [9.17, 15) is 13.2 Å². The fourth-order valence-corrected chi connectivity index (χ4v) is 3.56. The van der Waals surface area contributed by atoms with Crippen molar-refractivity contribution in [3.05, 3.63) is 70.7 Å². The SMILES string of the molecule is CC(NC(=O)CNS(=O)(=O)Cc1ccccc1Cl)c1ccccc1. The van der Waals surface area contributed by atoms with Gasteiger partial charge in [-0.05, 0) is 24.1 Å². The number of nitrogens with one attached hydrogen (secondary N) is 2. The Morgan fingerprint density at radius 1 is 1.08 bits per heavy atom. The maximum atomic E-state index is 12.1. The second-order valence-electron chi connectivity index (χ2n) is 5.37. The monoisotopic (exact) mass is 366 g/mol. The van der Waals surface area contributed by atoms with Crippen LogP contribution in [0.3, 0.4) is 0 Å². The first-order valence-electron chi connectivity index (χ1n) is 7.42. The van der Waals surface area contributed by atoms with Crippen LogP contribution in [0.2, 0.25) is 5.02 Å². The Morgan fingerprint density at radius 3 is 2.38 bits per heavy atom. The number of amides is 1. The number of hydrogen-bond donors (Lipinski definition) is 2. The smallest absolute Gasteiger partial charge is 0.235 e. The van der Waals surface area contributed by atoms with Crippen LogP contribution in [0.25, 0.3) is 0 Å². The molecule has 24 heavy (non-hydrogen) atoms. The zero-order chi connectivity index (χ0) is 17.6. The van der Waals surface area contributed by atoms with E-state index >= 15 is 0 Å². The summed E-state index contributed by atoms with van der Waals surface area (Å²) in [6.45, 7) is 1.52. The molecule has 0 spiro atoms. The van der Waals surface area contributed by atoms with E-state index in [0.717, 1.165) is 5.56 Å². The summed E-state index contributed by atoms with van der Waals surface area (Å²) < 4.78 is 26.4. The third-order valence-electron chi connectivity index (χ3n) is 3.43. The average Bonchev–Trinajstić information content (AvgIpc) is 2.56. The van der Waals surface area contributed by atoms with Crippen molar-refractivity contribution in [2.45, 2.75) is 18.7 Å². The first kappa shape index (κ1) is 18.4. The molecule has 0 saturated heterocycles. The predicted molar refractivity (Wildman–Crippen MR) is 95.1 cm³/mol. The van der Waals surface area contributed by atoms with E-state index in [-0.39, 0.29) is 18.3 Å². The fraction of sp³-hybridized carbons (Fsp3) is 0.235. The zero-order valence-corrected chi connectivity index (χ0v) is 14.8. The van der Waals surface area contributed by atoms with Crippen LogP contribution in [0.4, 0.5) is 0 Å². The minimum Gasteiger partial charge on any atom is -0.348 e. The first-order chi connectivity index (χ1) is 11.4. The average molecular weight is 367 g/mol. The number of halogens is 1. The Bertz CT molecular complexity index is 794. The molecule has 0 aromatic heterocycles. The molecule has 0 aliphatic carbocycles. The molecule has 2 aromatic carbocycles. The number of hydrogen-bond acceptors (Lipinski definition) is 3. The van der Waals surface area contributed by atoms with Crippen LogP contribution in [-0.2, 0) is 20.6 Å². The lowest BCUT2D eigenvalue weighted by atomic mass is 10.1. The van der Waals surface area contributed by atoms with Gasteiger partial charge >= 0.3 is 0 Å². The van der Waals surface area contributed by atoms with Crippen LogP contribution in [0.5, 0.6) is 0 Å². The van der Waals surface area contributed by atoms with E-state index in [4.69, 9.17) is 11.6 Å². The lowest BCUT2D eigenvalue weighted by Gasteiger charge is -2.14. The number of rotatable bonds is 7. The zero-order valence-electron chi connectivity index (χ0n) is 13.2. The Morgan fingerprint density at radius 2 is 1.71 bits per heavy atom. The van der Waals surface area contributed by atoms with Crippen molar-refractivity contribution in [3.63, 3.8) is 0 Å². The molecule has 128 valence electrons. The van der Waals surface area contributed by atoms with Gasteiger partial charge < -0.3 is 5.32 Å². The van der Waals surface area contributed by atoms with E-state index in [2.05, 4.69) is 10.0 Å². The van der Waals surface area contributed by atoms with Gasteiger partial charge in [-0.1, -0.05) is 60.1 Å². The third kappa shape index (κ3) is 5.63. The molecule has 0 bridgehead atoms. The maximum absolute atomic E-state index is 12.1. The summed E-state index contributed by atoms with van der Waals surface area (Å²) in [5.41, 5.74) is 1.44. The highest BCUT2D eigenvalue weighted by Gasteiger charge is 2.16. The second-order valence-corrected chi connectivity index (χ2v) is 7.59. The van der Waals surface area contributed by atoms with Gasteiger partial charge in [-0.2, -0.15) is 0 Å². The van der Waals surface area contributed by atoms with Crippen LogP contribution in [0.15, 0.2) is 54.6 Å². The second kappa shape index (κ2) is 8.28. The van der Waals surface area contributed by atoms with Crippen LogP contribution in [0.1, 0.15) is 24.1 Å². The van der Waals surface area contributed by atoms with Gasteiger partial charge in [0.1, 0.15) is 0 Å². The van der Waals surface area contributed by atoms with Gasteiger partial charge in [-0.25, -0.2) is 13.1 Å². The number of carbonyl (C=O) groups excluding carboxylic acids is 1. The van der Waals surface area contributed by atoms with Gasteiger partial charge in [0.15, 0.2) is 0 Å². The molecule has 1 unspecified atom stereocenters. The van der Waals surface area contributed by atoms with Crippen molar-refractivity contribution in [1.29, 1.82) is 0 Å². The van der Waals surface area contributed by atoms with Crippen molar-refractivity contribution in [2.24, 2.45) is 0 Å². The van der Waals surface area contributed by atoms with Gasteiger partial charge in [0, 0.05) is 5.02 Å². The largest absolute Gasteiger partial charge is 0.348 e. The molecule has 0 aliphatic rings. The quantitative estimate of drug-likeness (QED) is 0.791. The third-order valence-corrected chi connectivity index (χ3v) is 5.08. The lowest BCUT2D eigenvalue weighted by Crippen LogP contribution is -2.38. The summed E-state index contributed by atoms with van der Waals surface area (Å²) in [5.74, 6) is -0.664. The van der Waals surface area contributed by atoms with Gasteiger partial charge in [0.2, 0.25) is 15.9 Å². The van der Waals surface area contributed by atoms with E-state index in [1.807, 2.05) is 37.3 Å². The molecule has 0 radical (unpaired) electrons. The van der Waals surface area contributed by atoms with Gasteiger partial charge in [0.25, 0.3) is 0 Å². The standard InChI is InChI=1S/C17H19ClN2O3S/c1-13(14-7-3-2-4-8-14)20-17(21)11-19-24(22,23)12-15-9-5-6-10-16(15)18/h2-10,13,19H,11-12H2,1H3,(H,20,21). The van der Waals surface area contributed by atoms with Crippen molar-refractivity contribution in [3.8, 4) is 0 Å². The minimum atomic E-state index is -3.65. The number of sulfonamides is 1. The van der Waals surface area contributed by atoms with Crippen molar-refractivity contribution >= 4 is 27.5 Å². The van der Waals surface area contributed by atoms with Gasteiger partial charge in [-0.3, -0.25) is 4.79 Å². The molecule has 0 fully saturated rings. The van der Waals surface area contributed by atoms with Crippen LogP contribution >= 0.6 is 11.6 Å². The van der Waals surface area contributed by atoms with Crippen molar-refractivity contribution < 1.29 is 13.2 Å². The first-order valence-corrected chi connectivity index (χ1v) is 9.45. The normalized spacial score (nSPS) is 12.6. The maximum Gasteiger partial charge on any atom is 0.235 e. The lowest BCUT2D eigenvalue weighted by molar-refractivity contribution is -0.120. The van der Waals surface area contributed by atoms with E-state index < -0.39 is 15.9 Å². The molecular formula is C17H19ClN2O3S. The minimum absolute atomic E-state index is 0.202. The molecule has 2 aromatic rings. The van der Waals surface area contributed by atoms with Crippen molar-refractivity contribution in [1.82, 2.24) is 10.0 Å². The Labute approximate surface area is 147 Å². The highest BCUT2D eigenvalue weighted by atomic mass is 35.5. The van der Waals surface area contributed by atoms with Crippen molar-refractivity contribution in [2.75, 3.05) is 6.54 Å². The molecular weight excluding hydrogens is 348 g/mol. The molecule has 7 heteroatoms. The highest BCUT2D eigenvalue weighted by Crippen LogP contribution is 2.17. The summed E-state index contributed by atoms with van der Waals surface area (Å²) >= 11 is 5.96. The van der Waals surface area contributed by atoms with Gasteiger partial charge in [0.05, 0.1) is 18.3 Å². The van der Waals surface area contributed by atoms with Crippen LogP contribution in [-0.4, -0.2) is 20.9 Å². The molecule has 0 aliphatic heterocycles. The Hall–Kier alpha value is -1.89. The molecule has 5 nitrogen and oxygen atoms in total. The number of benzene rings is 2. The predicted octanol–water partition coefficient (Wildman–Crippen LogP) is 2.64. The molecule has 1 amide bonds. The van der Waals surface area contributed by atoms with E-state index in [1.54, 1.807) is 24.3 Å². The summed E-state index contributed by atoms with van der Waals surface area (Å²) in [7, 11) is -3.65. The summed E-state index contributed by atoms with van der Waals surface area (Å²) in [5, 5.41) is 3.13. The van der Waals surface area contributed by atoms with Gasteiger partial charge in [-0.15, -0.1) is 0 Å². The van der Waals surface area contributed by atoms with Crippen LogP contribution < -0.4 is 10.0 Å². The molecule has 0 heterocycles. The fourth-order valence-electron chi connectivity index (χ4n) is 2.16. The number of carbonyl (C=O) groups is 1. The Kier molecular flexibility index (Phi) is 6.36. The highest BCUT2D eigenvalue weighted by molar-refractivity contribution is 7.88. The molecule has 0 saturated carbocycles. The summed E-state index contributed by atoms with van der Waals surface area (Å²) in [6.07, 6.45) is 0. The molecule has 1 atom stereocenters. The van der Waals surface area contributed by atoms with E-state index in [0.29, 0.717) is 10.6 Å². The summed E-state index contributed by atoms with van der Waals surface area (Å²) in [4.78, 5) is 11.9. The molecule has 2 rings (SSSR count). The molecule has 2 N–H and O–H groups in total. The topological polar surface area (TPSA) is 75.3 Å². The van der Waals surface area contributed by atoms with E-state index in [1.165, 1.54) is 0 Å². The summed E-state index contributed by atoms with van der Waals surface area (Å²) in [6, 6.07) is 15.9. The Balaban J connectivity index is 1.87. The van der Waals surface area contributed by atoms with Crippen LogP contribution in [0, 0.1) is 0 Å².